The van der Waals surface area contributed by atoms with Gasteiger partial charge in [-0.25, -0.2) is 8.78 Å². The Kier molecular flexibility index (Phi) is 4.23. The van der Waals surface area contributed by atoms with Gasteiger partial charge in [-0.3, -0.25) is 14.9 Å². The highest BCUT2D eigenvalue weighted by atomic mass is 19.1. The molecular formula is C20H11F2NO5. The Bertz CT molecular complexity index is 1130. The van der Waals surface area contributed by atoms with Gasteiger partial charge in [-0.05, 0) is 30.3 Å². The summed E-state index contributed by atoms with van der Waals surface area (Å²) in [6.07, 6.45) is 0. The molecule has 0 radical (unpaired) electrons. The topological polar surface area (TPSA) is 78.7 Å². The fraction of sp³-hybridized carbons (Fsp3) is 0.0500. The predicted octanol–water partition coefficient (Wildman–Crippen LogP) is 4.79. The van der Waals surface area contributed by atoms with Gasteiger partial charge in [-0.15, -0.1) is 0 Å². The number of ether oxygens (including phenoxy) is 2. The lowest BCUT2D eigenvalue weighted by Gasteiger charge is -2.10. The van der Waals surface area contributed by atoms with Crippen LogP contribution >= 0.6 is 0 Å². The van der Waals surface area contributed by atoms with Crippen molar-refractivity contribution in [1.29, 1.82) is 0 Å². The number of halogens is 2. The van der Waals surface area contributed by atoms with Crippen molar-refractivity contribution in [3.8, 4) is 17.2 Å². The number of nitrogens with zero attached hydrogens (tertiary/aromatic N) is 1. The molecule has 3 aromatic rings. The van der Waals surface area contributed by atoms with E-state index in [1.807, 2.05) is 0 Å². The molecule has 0 aromatic heterocycles. The van der Waals surface area contributed by atoms with Crippen LogP contribution in [0.4, 0.5) is 14.5 Å². The predicted molar refractivity (Wildman–Crippen MR) is 93.7 cm³/mol. The Hall–Kier alpha value is -3.81. The minimum Gasteiger partial charge on any atom is -0.488 e. The number of ketones is 1. The highest BCUT2D eigenvalue weighted by molar-refractivity contribution is 6.12. The molecule has 0 saturated carbocycles. The van der Waals surface area contributed by atoms with Crippen LogP contribution < -0.4 is 9.47 Å². The molecule has 0 spiro atoms. The van der Waals surface area contributed by atoms with Gasteiger partial charge in [0.05, 0.1) is 10.5 Å². The van der Waals surface area contributed by atoms with E-state index in [1.54, 1.807) is 0 Å². The lowest BCUT2D eigenvalue weighted by molar-refractivity contribution is -0.384. The third-order valence-electron chi connectivity index (χ3n) is 4.25. The zero-order valence-electron chi connectivity index (χ0n) is 14.1. The van der Waals surface area contributed by atoms with Gasteiger partial charge in [0.25, 0.3) is 5.69 Å². The number of carbonyl (C=O) groups excluding carboxylic acids is 1. The van der Waals surface area contributed by atoms with Crippen molar-refractivity contribution < 1.29 is 28.0 Å². The van der Waals surface area contributed by atoms with Crippen LogP contribution in [0.2, 0.25) is 0 Å². The van der Waals surface area contributed by atoms with Crippen LogP contribution in [0.15, 0.2) is 54.6 Å². The first-order valence-corrected chi connectivity index (χ1v) is 8.14. The van der Waals surface area contributed by atoms with E-state index in [0.29, 0.717) is 11.6 Å². The van der Waals surface area contributed by atoms with Crippen molar-refractivity contribution in [2.24, 2.45) is 0 Å². The summed E-state index contributed by atoms with van der Waals surface area (Å²) in [4.78, 5) is 23.2. The molecule has 0 aliphatic carbocycles. The number of hydrogen-bond donors (Lipinski definition) is 0. The van der Waals surface area contributed by atoms with Gasteiger partial charge < -0.3 is 9.47 Å². The van der Waals surface area contributed by atoms with Gasteiger partial charge in [0.15, 0.2) is 17.3 Å². The molecule has 0 bridgehead atoms. The normalized spacial score (nSPS) is 12.4. The summed E-state index contributed by atoms with van der Waals surface area (Å²) in [5.41, 5.74) is 0.707. The first-order chi connectivity index (χ1) is 13.4. The van der Waals surface area contributed by atoms with E-state index >= 15 is 0 Å². The smallest absolute Gasteiger partial charge is 0.270 e. The summed E-state index contributed by atoms with van der Waals surface area (Å²) in [5, 5.41) is 11.0. The maximum absolute atomic E-state index is 13.8. The van der Waals surface area contributed by atoms with Gasteiger partial charge in [0.1, 0.15) is 23.9 Å². The van der Waals surface area contributed by atoms with E-state index in [0.717, 1.165) is 12.1 Å². The number of non-ortho nitro benzene ring substituents is 1. The quantitative estimate of drug-likeness (QED) is 0.480. The van der Waals surface area contributed by atoms with E-state index in [9.17, 15) is 23.7 Å². The van der Waals surface area contributed by atoms with E-state index < -0.39 is 22.3 Å². The first-order valence-electron chi connectivity index (χ1n) is 8.14. The van der Waals surface area contributed by atoms with Crippen molar-refractivity contribution in [2.75, 3.05) is 0 Å². The van der Waals surface area contributed by atoms with Crippen molar-refractivity contribution in [2.45, 2.75) is 6.61 Å². The molecule has 28 heavy (non-hydrogen) atoms. The minimum atomic E-state index is -0.869. The molecule has 0 N–H and O–H groups in total. The largest absolute Gasteiger partial charge is 0.488 e. The number of benzene rings is 3. The van der Waals surface area contributed by atoms with Gasteiger partial charge in [-0.1, -0.05) is 0 Å². The van der Waals surface area contributed by atoms with Crippen molar-refractivity contribution >= 4 is 11.5 Å². The SMILES string of the molecule is O=C1c2cc([N+](=O)[O-])ccc2COc2cc(Oc3ccc(F)cc3F)ccc21. The summed E-state index contributed by atoms with van der Waals surface area (Å²) < 4.78 is 37.9. The molecule has 4 rings (SSSR count). The zero-order valence-corrected chi connectivity index (χ0v) is 14.1. The van der Waals surface area contributed by atoms with Crippen LogP contribution in [0.1, 0.15) is 21.5 Å². The Labute approximate surface area is 157 Å². The van der Waals surface area contributed by atoms with E-state index in [-0.39, 0.29) is 40.7 Å². The summed E-state index contributed by atoms with van der Waals surface area (Å²) in [7, 11) is 0. The maximum Gasteiger partial charge on any atom is 0.270 e. The molecule has 1 heterocycles. The Morgan fingerprint density at radius 2 is 1.82 bits per heavy atom. The van der Waals surface area contributed by atoms with E-state index in [1.165, 1.54) is 36.4 Å². The summed E-state index contributed by atoms with van der Waals surface area (Å²) in [5.74, 6) is -1.82. The van der Waals surface area contributed by atoms with Crippen molar-refractivity contribution in [1.82, 2.24) is 0 Å². The third-order valence-corrected chi connectivity index (χ3v) is 4.25. The molecule has 0 atom stereocenters. The average molecular weight is 383 g/mol. The van der Waals surface area contributed by atoms with Crippen LogP contribution in [0.5, 0.6) is 17.2 Å². The molecule has 6 nitrogen and oxygen atoms in total. The molecule has 0 fully saturated rings. The van der Waals surface area contributed by atoms with Gasteiger partial charge in [-0.2, -0.15) is 0 Å². The molecule has 0 amide bonds. The number of rotatable bonds is 3. The molecule has 8 heteroatoms. The third kappa shape index (κ3) is 3.16. The Morgan fingerprint density at radius 1 is 1.00 bits per heavy atom. The van der Waals surface area contributed by atoms with Crippen molar-refractivity contribution in [3.63, 3.8) is 0 Å². The number of hydrogen-bond acceptors (Lipinski definition) is 5. The summed E-state index contributed by atoms with van der Waals surface area (Å²) in [6, 6.07) is 11.2. The number of fused-ring (bicyclic) bond motifs is 2. The minimum absolute atomic E-state index is 0.0282. The summed E-state index contributed by atoms with van der Waals surface area (Å²) in [6.45, 7) is 0.0282. The molecule has 0 unspecified atom stereocenters. The fourth-order valence-corrected chi connectivity index (χ4v) is 2.87. The molecule has 1 aliphatic rings. The monoisotopic (exact) mass is 383 g/mol. The van der Waals surface area contributed by atoms with Crippen LogP contribution in [0.3, 0.4) is 0 Å². The lowest BCUT2D eigenvalue weighted by atomic mass is 9.98. The molecule has 140 valence electrons. The first kappa shape index (κ1) is 17.6. The zero-order chi connectivity index (χ0) is 19.8. The number of carbonyl (C=O) groups is 1. The van der Waals surface area contributed by atoms with Crippen LogP contribution in [-0.4, -0.2) is 10.7 Å². The van der Waals surface area contributed by atoms with Crippen LogP contribution in [0.25, 0.3) is 0 Å². The molecule has 0 saturated heterocycles. The van der Waals surface area contributed by atoms with Crippen LogP contribution in [0, 0.1) is 21.7 Å². The molecular weight excluding hydrogens is 372 g/mol. The highest BCUT2D eigenvalue weighted by Crippen LogP contribution is 2.35. The fourth-order valence-electron chi connectivity index (χ4n) is 2.87. The van der Waals surface area contributed by atoms with Gasteiger partial charge in [0, 0.05) is 35.4 Å². The average Bonchev–Trinajstić information content (AvgIpc) is 2.80. The van der Waals surface area contributed by atoms with Crippen molar-refractivity contribution in [3.05, 3.63) is 93.0 Å². The second kappa shape index (κ2) is 6.73. The second-order valence-electron chi connectivity index (χ2n) is 6.05. The van der Waals surface area contributed by atoms with E-state index in [2.05, 4.69) is 0 Å². The van der Waals surface area contributed by atoms with E-state index in [4.69, 9.17) is 9.47 Å². The standard InChI is InChI=1S/C20H11F2NO5/c21-12-2-6-18(17(22)7-12)28-14-4-5-15-19(9-14)27-10-11-1-3-13(23(25)26)8-16(11)20(15)24/h1-9H,10H2. The second-order valence-corrected chi connectivity index (χ2v) is 6.05. The molecule has 1 aliphatic heterocycles. The highest BCUT2D eigenvalue weighted by Gasteiger charge is 2.25. The molecule has 3 aromatic carbocycles. The lowest BCUT2D eigenvalue weighted by Crippen LogP contribution is -2.04. The van der Waals surface area contributed by atoms with Crippen LogP contribution in [-0.2, 0) is 6.61 Å². The maximum atomic E-state index is 13.8. The van der Waals surface area contributed by atoms with Gasteiger partial charge in [0.2, 0.25) is 0 Å². The number of nitro groups is 1. The van der Waals surface area contributed by atoms with Gasteiger partial charge >= 0.3 is 0 Å². The Morgan fingerprint density at radius 3 is 2.57 bits per heavy atom. The summed E-state index contributed by atoms with van der Waals surface area (Å²) >= 11 is 0. The Balaban J connectivity index is 1.69. The number of nitro benzene ring substituents is 1.